The molecule has 1 aliphatic rings. The number of carbonyl (C=O) groups excluding carboxylic acids is 1. The Balaban J connectivity index is 1.52. The molecule has 1 saturated heterocycles. The summed E-state index contributed by atoms with van der Waals surface area (Å²) in [4.78, 5) is 21.5. The van der Waals surface area contributed by atoms with Gasteiger partial charge in [-0.05, 0) is 17.5 Å². The predicted molar refractivity (Wildman–Crippen MR) is 108 cm³/mol. The molecule has 1 aromatic carbocycles. The van der Waals surface area contributed by atoms with E-state index in [9.17, 15) is 4.79 Å². The van der Waals surface area contributed by atoms with Crippen LogP contribution in [0.1, 0.15) is 32.9 Å². The van der Waals surface area contributed by atoms with E-state index in [1.54, 1.807) is 11.3 Å². The van der Waals surface area contributed by atoms with Crippen LogP contribution in [0.2, 0.25) is 5.02 Å². The molecule has 4 nitrogen and oxygen atoms in total. The third kappa shape index (κ3) is 5.29. The van der Waals surface area contributed by atoms with Gasteiger partial charge in [-0.25, -0.2) is 4.98 Å². The molecule has 0 N–H and O–H groups in total. The lowest BCUT2D eigenvalue weighted by molar-refractivity contribution is -0.134. The largest absolute Gasteiger partial charge is 0.340 e. The molecule has 140 valence electrons. The minimum absolute atomic E-state index is 0.0485. The van der Waals surface area contributed by atoms with E-state index in [4.69, 9.17) is 16.6 Å². The van der Waals surface area contributed by atoms with Gasteiger partial charge in [-0.15, -0.1) is 11.3 Å². The fraction of sp³-hybridized carbons (Fsp3) is 0.500. The van der Waals surface area contributed by atoms with Gasteiger partial charge in [-0.1, -0.05) is 44.5 Å². The second kappa shape index (κ2) is 8.07. The Hall–Kier alpha value is -1.43. The van der Waals surface area contributed by atoms with Crippen LogP contribution in [0.4, 0.5) is 0 Å². The van der Waals surface area contributed by atoms with Gasteiger partial charge in [0.2, 0.25) is 5.91 Å². The molecule has 1 fully saturated rings. The summed E-state index contributed by atoms with van der Waals surface area (Å²) in [6.07, 6.45) is 0.615. The minimum atomic E-state index is 0.0485. The summed E-state index contributed by atoms with van der Waals surface area (Å²) in [5.41, 5.74) is 2.24. The van der Waals surface area contributed by atoms with E-state index in [2.05, 4.69) is 31.1 Å². The van der Waals surface area contributed by atoms with E-state index >= 15 is 0 Å². The van der Waals surface area contributed by atoms with Crippen LogP contribution in [-0.2, 0) is 11.3 Å². The molecule has 1 amide bonds. The molecule has 3 rings (SSSR count). The summed E-state index contributed by atoms with van der Waals surface area (Å²) in [6.45, 7) is 10.6. The molecule has 0 unspecified atom stereocenters. The zero-order chi connectivity index (χ0) is 18.7. The predicted octanol–water partition coefficient (Wildman–Crippen LogP) is 4.54. The van der Waals surface area contributed by atoms with Gasteiger partial charge in [0.15, 0.2) is 0 Å². The van der Waals surface area contributed by atoms with E-state index in [1.807, 2.05) is 29.2 Å². The van der Waals surface area contributed by atoms with Crippen LogP contribution in [0, 0.1) is 5.41 Å². The molecule has 6 heteroatoms. The van der Waals surface area contributed by atoms with E-state index in [-0.39, 0.29) is 11.3 Å². The lowest BCUT2D eigenvalue weighted by Gasteiger charge is -2.35. The van der Waals surface area contributed by atoms with Crippen LogP contribution in [0.5, 0.6) is 0 Å². The Kier molecular flexibility index (Phi) is 6.00. The Labute approximate surface area is 164 Å². The maximum atomic E-state index is 12.4. The van der Waals surface area contributed by atoms with Crippen molar-refractivity contribution in [3.05, 3.63) is 40.4 Å². The quantitative estimate of drug-likeness (QED) is 0.767. The fourth-order valence-corrected chi connectivity index (χ4v) is 4.00. The van der Waals surface area contributed by atoms with E-state index in [0.29, 0.717) is 6.42 Å². The molecule has 0 spiro atoms. The molecule has 0 bridgehead atoms. The highest BCUT2D eigenvalue weighted by Crippen LogP contribution is 2.26. The minimum Gasteiger partial charge on any atom is -0.340 e. The highest BCUT2D eigenvalue weighted by Gasteiger charge is 2.25. The number of halogens is 1. The van der Waals surface area contributed by atoms with Crippen LogP contribution < -0.4 is 0 Å². The molecule has 0 saturated carbocycles. The Morgan fingerprint density at radius 3 is 2.42 bits per heavy atom. The van der Waals surface area contributed by atoms with E-state index < -0.39 is 0 Å². The molecule has 1 aromatic heterocycles. The van der Waals surface area contributed by atoms with Gasteiger partial charge in [0.05, 0.1) is 5.69 Å². The Morgan fingerprint density at radius 1 is 1.15 bits per heavy atom. The van der Waals surface area contributed by atoms with Gasteiger partial charge >= 0.3 is 0 Å². The molecule has 2 aromatic rings. The highest BCUT2D eigenvalue weighted by atomic mass is 35.5. The monoisotopic (exact) mass is 391 g/mol. The van der Waals surface area contributed by atoms with E-state index in [1.165, 1.54) is 0 Å². The van der Waals surface area contributed by atoms with Crippen LogP contribution in [0.25, 0.3) is 10.6 Å². The number of thiazole rings is 1. The first-order valence-corrected chi connectivity index (χ1v) is 10.3. The molecular weight excluding hydrogens is 366 g/mol. The normalized spacial score (nSPS) is 16.1. The maximum Gasteiger partial charge on any atom is 0.223 e. The molecule has 1 aliphatic heterocycles. The van der Waals surface area contributed by atoms with Crippen LogP contribution >= 0.6 is 22.9 Å². The van der Waals surface area contributed by atoms with Gasteiger partial charge in [0.25, 0.3) is 0 Å². The van der Waals surface area contributed by atoms with Gasteiger partial charge < -0.3 is 4.90 Å². The first-order valence-electron chi connectivity index (χ1n) is 9.01. The van der Waals surface area contributed by atoms with Gasteiger partial charge in [0.1, 0.15) is 5.01 Å². The number of rotatable bonds is 4. The summed E-state index contributed by atoms with van der Waals surface area (Å²) >= 11 is 7.61. The second-order valence-corrected chi connectivity index (χ2v) is 9.34. The topological polar surface area (TPSA) is 36.4 Å². The fourth-order valence-electron chi connectivity index (χ4n) is 3.05. The molecule has 0 radical (unpaired) electrons. The van der Waals surface area contributed by atoms with Crippen LogP contribution in [0.3, 0.4) is 0 Å². The number of piperazine rings is 1. The van der Waals surface area contributed by atoms with Crippen molar-refractivity contribution >= 4 is 28.8 Å². The second-order valence-electron chi connectivity index (χ2n) is 8.05. The molecule has 2 heterocycles. The van der Waals surface area contributed by atoms with Crippen molar-refractivity contribution < 1.29 is 4.79 Å². The lowest BCUT2D eigenvalue weighted by atomic mass is 9.91. The first-order chi connectivity index (χ1) is 12.3. The first kappa shape index (κ1) is 19.3. The smallest absolute Gasteiger partial charge is 0.223 e. The number of aromatic nitrogens is 1. The van der Waals surface area contributed by atoms with Crippen molar-refractivity contribution in [1.29, 1.82) is 0 Å². The van der Waals surface area contributed by atoms with Crippen molar-refractivity contribution in [2.45, 2.75) is 33.7 Å². The van der Waals surface area contributed by atoms with Gasteiger partial charge in [-0.2, -0.15) is 0 Å². The molecule has 0 aliphatic carbocycles. The number of hydrogen-bond donors (Lipinski definition) is 0. The summed E-state index contributed by atoms with van der Waals surface area (Å²) < 4.78 is 0. The number of hydrogen-bond acceptors (Lipinski definition) is 4. The number of carbonyl (C=O) groups is 1. The Bertz CT molecular complexity index is 743. The van der Waals surface area contributed by atoms with Gasteiger partial charge in [0, 0.05) is 55.1 Å². The maximum absolute atomic E-state index is 12.4. The van der Waals surface area contributed by atoms with Crippen LogP contribution in [0.15, 0.2) is 29.6 Å². The standard InChI is InChI=1S/C20H26ClN3OS/c1-20(2,3)12-18(25)24-10-8-23(9-11-24)13-17-14-26-19(22-17)15-4-6-16(21)7-5-15/h4-7,14H,8-13H2,1-3H3. The average Bonchev–Trinajstić information content (AvgIpc) is 3.03. The summed E-state index contributed by atoms with van der Waals surface area (Å²) in [5, 5.41) is 3.89. The highest BCUT2D eigenvalue weighted by molar-refractivity contribution is 7.13. The van der Waals surface area contributed by atoms with Crippen molar-refractivity contribution in [3.63, 3.8) is 0 Å². The third-order valence-electron chi connectivity index (χ3n) is 4.44. The van der Waals surface area contributed by atoms with E-state index in [0.717, 1.165) is 54.0 Å². The van der Waals surface area contributed by atoms with Crippen molar-refractivity contribution in [2.24, 2.45) is 5.41 Å². The van der Waals surface area contributed by atoms with Crippen LogP contribution in [-0.4, -0.2) is 46.9 Å². The van der Waals surface area contributed by atoms with Gasteiger partial charge in [-0.3, -0.25) is 9.69 Å². The third-order valence-corrected chi connectivity index (χ3v) is 5.63. The number of amides is 1. The zero-order valence-corrected chi connectivity index (χ0v) is 17.2. The molecule has 26 heavy (non-hydrogen) atoms. The van der Waals surface area contributed by atoms with Crippen molar-refractivity contribution in [1.82, 2.24) is 14.8 Å². The summed E-state index contributed by atoms with van der Waals surface area (Å²) in [6, 6.07) is 7.80. The van der Waals surface area contributed by atoms with Crippen molar-refractivity contribution in [2.75, 3.05) is 26.2 Å². The molecule has 0 atom stereocenters. The number of benzene rings is 1. The lowest BCUT2D eigenvalue weighted by Crippen LogP contribution is -2.48. The molecular formula is C20H26ClN3OS. The Morgan fingerprint density at radius 2 is 1.81 bits per heavy atom. The zero-order valence-electron chi connectivity index (χ0n) is 15.7. The summed E-state index contributed by atoms with van der Waals surface area (Å²) in [7, 11) is 0. The number of nitrogens with zero attached hydrogens (tertiary/aromatic N) is 3. The average molecular weight is 392 g/mol. The SMILES string of the molecule is CC(C)(C)CC(=O)N1CCN(Cc2csc(-c3ccc(Cl)cc3)n2)CC1. The van der Waals surface area contributed by atoms with Crippen molar-refractivity contribution in [3.8, 4) is 10.6 Å². The summed E-state index contributed by atoms with van der Waals surface area (Å²) in [5.74, 6) is 0.274.